The molecule has 1 heterocycles. The molecule has 2 rings (SSSR count). The van der Waals surface area contributed by atoms with Crippen molar-refractivity contribution in [3.05, 3.63) is 38.3 Å². The van der Waals surface area contributed by atoms with Gasteiger partial charge in [0.2, 0.25) is 5.91 Å². The molecule has 0 atom stereocenters. The summed E-state index contributed by atoms with van der Waals surface area (Å²) in [7, 11) is 0. The summed E-state index contributed by atoms with van der Waals surface area (Å²) in [6, 6.07) is 4.09. The van der Waals surface area contributed by atoms with E-state index in [1.807, 2.05) is 0 Å². The number of benzene rings is 1. The minimum Gasteiger partial charge on any atom is -0.343 e. The number of carbonyl (C=O) groups is 2. The summed E-state index contributed by atoms with van der Waals surface area (Å²) in [5, 5.41) is 13.3. The zero-order valence-electron chi connectivity index (χ0n) is 11.2. The summed E-state index contributed by atoms with van der Waals surface area (Å²) in [5.74, 6) is -0.634. The van der Waals surface area contributed by atoms with Crippen molar-refractivity contribution in [1.29, 1.82) is 0 Å². The molecule has 0 aromatic heterocycles. The fourth-order valence-electron chi connectivity index (χ4n) is 2.13. The van der Waals surface area contributed by atoms with E-state index in [4.69, 9.17) is 0 Å². The summed E-state index contributed by atoms with van der Waals surface area (Å²) >= 11 is 3.05. The van der Waals surface area contributed by atoms with Gasteiger partial charge in [-0.15, -0.1) is 0 Å². The van der Waals surface area contributed by atoms with E-state index in [1.165, 1.54) is 18.2 Å². The van der Waals surface area contributed by atoms with Gasteiger partial charge in [0.15, 0.2) is 0 Å². The van der Waals surface area contributed by atoms with Crippen molar-refractivity contribution in [1.82, 2.24) is 10.2 Å². The first-order valence-electron chi connectivity index (χ1n) is 6.49. The van der Waals surface area contributed by atoms with E-state index in [0.717, 1.165) is 25.9 Å². The number of nitro groups is 1. The SMILES string of the molecule is O=C(NCC(=O)N1CCCC1)c1ccc(Br)c([N+](=O)[O-])c1. The first-order valence-corrected chi connectivity index (χ1v) is 7.28. The van der Waals surface area contributed by atoms with Crippen molar-refractivity contribution in [3.63, 3.8) is 0 Å². The number of nitrogens with zero attached hydrogens (tertiary/aromatic N) is 2. The Labute approximate surface area is 129 Å². The fourth-order valence-corrected chi connectivity index (χ4v) is 2.52. The Morgan fingerprint density at radius 1 is 1.33 bits per heavy atom. The van der Waals surface area contributed by atoms with Crippen molar-refractivity contribution in [3.8, 4) is 0 Å². The van der Waals surface area contributed by atoms with E-state index < -0.39 is 10.8 Å². The average Bonchev–Trinajstić information content (AvgIpc) is 2.98. The van der Waals surface area contributed by atoms with Crippen molar-refractivity contribution < 1.29 is 14.5 Å². The molecule has 1 fully saturated rings. The van der Waals surface area contributed by atoms with E-state index in [2.05, 4.69) is 21.2 Å². The second-order valence-electron chi connectivity index (χ2n) is 4.69. The number of nitrogens with one attached hydrogen (secondary N) is 1. The molecule has 0 radical (unpaired) electrons. The highest BCUT2D eigenvalue weighted by Crippen LogP contribution is 2.25. The third kappa shape index (κ3) is 3.78. The highest BCUT2D eigenvalue weighted by molar-refractivity contribution is 9.10. The van der Waals surface area contributed by atoms with Crippen molar-refractivity contribution in [2.45, 2.75) is 12.8 Å². The van der Waals surface area contributed by atoms with E-state index in [-0.39, 0.29) is 23.7 Å². The number of halogens is 1. The summed E-state index contributed by atoms with van der Waals surface area (Å²) in [4.78, 5) is 35.7. The largest absolute Gasteiger partial charge is 0.343 e. The Kier molecular flexibility index (Phi) is 4.89. The van der Waals surface area contributed by atoms with Gasteiger partial charge in [-0.3, -0.25) is 19.7 Å². The number of hydrogen-bond acceptors (Lipinski definition) is 4. The number of rotatable bonds is 4. The number of carbonyl (C=O) groups excluding carboxylic acids is 2. The smallest absolute Gasteiger partial charge is 0.284 e. The van der Waals surface area contributed by atoms with Gasteiger partial charge in [-0.25, -0.2) is 0 Å². The molecule has 1 aromatic carbocycles. The van der Waals surface area contributed by atoms with Crippen LogP contribution in [0.15, 0.2) is 22.7 Å². The summed E-state index contributed by atoms with van der Waals surface area (Å²) < 4.78 is 0.303. The van der Waals surface area contributed by atoms with Crippen LogP contribution in [-0.2, 0) is 4.79 Å². The topological polar surface area (TPSA) is 92.6 Å². The molecule has 0 spiro atoms. The van der Waals surface area contributed by atoms with E-state index >= 15 is 0 Å². The third-order valence-corrected chi connectivity index (χ3v) is 3.93. The monoisotopic (exact) mass is 355 g/mol. The predicted molar refractivity (Wildman–Crippen MR) is 78.9 cm³/mol. The molecule has 0 bridgehead atoms. The molecule has 0 saturated carbocycles. The average molecular weight is 356 g/mol. The van der Waals surface area contributed by atoms with Gasteiger partial charge in [0.25, 0.3) is 11.6 Å². The maximum atomic E-state index is 11.9. The van der Waals surface area contributed by atoms with Crippen LogP contribution in [0.4, 0.5) is 5.69 Å². The fraction of sp³-hybridized carbons (Fsp3) is 0.385. The molecule has 21 heavy (non-hydrogen) atoms. The van der Waals surface area contributed by atoms with Crippen LogP contribution in [-0.4, -0.2) is 41.3 Å². The van der Waals surface area contributed by atoms with Crippen LogP contribution in [0.2, 0.25) is 0 Å². The molecule has 1 N–H and O–H groups in total. The van der Waals surface area contributed by atoms with Crippen LogP contribution in [0.1, 0.15) is 23.2 Å². The predicted octanol–water partition coefficient (Wildman–Crippen LogP) is 1.71. The molecule has 1 aromatic rings. The zero-order valence-corrected chi connectivity index (χ0v) is 12.8. The Balaban J connectivity index is 1.98. The van der Waals surface area contributed by atoms with Crippen LogP contribution < -0.4 is 5.32 Å². The molecule has 2 amide bonds. The maximum absolute atomic E-state index is 11.9. The first-order chi connectivity index (χ1) is 9.99. The third-order valence-electron chi connectivity index (χ3n) is 3.26. The van der Waals surface area contributed by atoms with Crippen molar-refractivity contribution in [2.24, 2.45) is 0 Å². The van der Waals surface area contributed by atoms with Crippen molar-refractivity contribution in [2.75, 3.05) is 19.6 Å². The zero-order chi connectivity index (χ0) is 15.4. The minimum atomic E-state index is -0.573. The van der Waals surface area contributed by atoms with Crippen molar-refractivity contribution >= 4 is 33.4 Å². The van der Waals surface area contributed by atoms with Crippen LogP contribution in [0, 0.1) is 10.1 Å². The molecule has 7 nitrogen and oxygen atoms in total. The molecule has 1 saturated heterocycles. The Morgan fingerprint density at radius 2 is 2.00 bits per heavy atom. The van der Waals surface area contributed by atoms with Gasteiger partial charge in [0.05, 0.1) is 15.9 Å². The Hall–Kier alpha value is -1.96. The second kappa shape index (κ2) is 6.66. The minimum absolute atomic E-state index is 0.0945. The van der Waals surface area contributed by atoms with Gasteiger partial charge in [-0.1, -0.05) is 0 Å². The van der Waals surface area contributed by atoms with Gasteiger partial charge in [0.1, 0.15) is 0 Å². The lowest BCUT2D eigenvalue weighted by Gasteiger charge is -2.15. The Morgan fingerprint density at radius 3 is 2.62 bits per heavy atom. The standard InChI is InChI=1S/C13H14BrN3O4/c14-10-4-3-9(7-11(10)17(20)21)13(19)15-8-12(18)16-5-1-2-6-16/h3-4,7H,1-2,5-6,8H2,(H,15,19). The van der Waals surface area contributed by atoms with Crippen LogP contribution >= 0.6 is 15.9 Å². The summed E-state index contributed by atoms with van der Waals surface area (Å²) in [6.07, 6.45) is 1.97. The highest BCUT2D eigenvalue weighted by atomic mass is 79.9. The van der Waals surface area contributed by atoms with E-state index in [9.17, 15) is 19.7 Å². The lowest BCUT2D eigenvalue weighted by Crippen LogP contribution is -2.38. The van der Waals surface area contributed by atoms with E-state index in [0.29, 0.717) is 4.47 Å². The molecule has 112 valence electrons. The normalized spacial score (nSPS) is 14.0. The number of likely N-dealkylation sites (tertiary alicyclic amines) is 1. The molecule has 0 unspecified atom stereocenters. The molecule has 1 aliphatic heterocycles. The van der Waals surface area contributed by atoms with Gasteiger partial charge in [-0.05, 0) is 40.9 Å². The second-order valence-corrected chi connectivity index (χ2v) is 5.55. The number of hydrogen-bond donors (Lipinski definition) is 1. The Bertz CT molecular complexity index is 585. The van der Waals surface area contributed by atoms with Gasteiger partial charge < -0.3 is 10.2 Å². The molecular weight excluding hydrogens is 342 g/mol. The molecular formula is C13H14BrN3O4. The van der Waals surface area contributed by atoms with Crippen LogP contribution in [0.3, 0.4) is 0 Å². The maximum Gasteiger partial charge on any atom is 0.284 e. The van der Waals surface area contributed by atoms with Gasteiger partial charge in [-0.2, -0.15) is 0 Å². The van der Waals surface area contributed by atoms with Gasteiger partial charge >= 0.3 is 0 Å². The summed E-state index contributed by atoms with van der Waals surface area (Å²) in [6.45, 7) is 1.35. The molecule has 1 aliphatic rings. The van der Waals surface area contributed by atoms with Gasteiger partial charge in [0, 0.05) is 24.7 Å². The quantitative estimate of drug-likeness (QED) is 0.657. The highest BCUT2D eigenvalue weighted by Gasteiger charge is 2.20. The lowest BCUT2D eigenvalue weighted by molar-refractivity contribution is -0.385. The lowest BCUT2D eigenvalue weighted by atomic mass is 10.2. The molecule has 8 heteroatoms. The first kappa shape index (κ1) is 15.4. The number of amides is 2. The van der Waals surface area contributed by atoms with Crippen LogP contribution in [0.5, 0.6) is 0 Å². The van der Waals surface area contributed by atoms with E-state index in [1.54, 1.807) is 4.90 Å². The molecule has 0 aliphatic carbocycles. The summed E-state index contributed by atoms with van der Waals surface area (Å²) in [5.41, 5.74) is -0.0346. The van der Waals surface area contributed by atoms with Crippen LogP contribution in [0.25, 0.3) is 0 Å². The number of nitro benzene ring substituents is 1.